The van der Waals surface area contributed by atoms with Crippen LogP contribution in [0.15, 0.2) is 23.3 Å². The molecule has 0 aromatic carbocycles. The fourth-order valence-corrected chi connectivity index (χ4v) is 1.38. The minimum Gasteiger partial charge on any atom is -0.478 e. The van der Waals surface area contributed by atoms with Gasteiger partial charge in [-0.2, -0.15) is 0 Å². The lowest BCUT2D eigenvalue weighted by molar-refractivity contribution is -0.133. The van der Waals surface area contributed by atoms with Gasteiger partial charge in [0.05, 0.1) is 0 Å². The molecule has 0 saturated heterocycles. The van der Waals surface area contributed by atoms with Crippen LogP contribution >= 0.6 is 0 Å². The molecule has 0 amide bonds. The van der Waals surface area contributed by atoms with Crippen molar-refractivity contribution in [3.05, 3.63) is 23.3 Å². The van der Waals surface area contributed by atoms with Gasteiger partial charge in [-0.05, 0) is 38.2 Å². The van der Waals surface area contributed by atoms with Crippen LogP contribution in [0.4, 0.5) is 0 Å². The van der Waals surface area contributed by atoms with Gasteiger partial charge in [-0.1, -0.05) is 12.2 Å². The Hall–Kier alpha value is -1.05. The lowest BCUT2D eigenvalue weighted by atomic mass is 10.1. The van der Waals surface area contributed by atoms with Crippen LogP contribution in [0.5, 0.6) is 0 Å². The Morgan fingerprint density at radius 2 is 2.08 bits per heavy atom. The SMILES string of the molecule is CC=CC(C)=C(C(=O)O)C1CC1. The number of hydrogen-bond donors (Lipinski definition) is 1. The number of carbonyl (C=O) groups is 1. The van der Waals surface area contributed by atoms with E-state index in [1.54, 1.807) is 0 Å². The van der Waals surface area contributed by atoms with Gasteiger partial charge in [0.15, 0.2) is 0 Å². The largest absolute Gasteiger partial charge is 0.478 e. The fraction of sp³-hybridized carbons (Fsp3) is 0.500. The van der Waals surface area contributed by atoms with Crippen LogP contribution in [0, 0.1) is 5.92 Å². The molecule has 12 heavy (non-hydrogen) atoms. The molecule has 0 unspecified atom stereocenters. The highest BCUT2D eigenvalue weighted by atomic mass is 16.4. The van der Waals surface area contributed by atoms with Gasteiger partial charge in [0.1, 0.15) is 0 Å². The number of hydrogen-bond acceptors (Lipinski definition) is 1. The lowest BCUT2D eigenvalue weighted by Gasteiger charge is -2.01. The second-order valence-electron chi connectivity index (χ2n) is 3.18. The smallest absolute Gasteiger partial charge is 0.332 e. The zero-order chi connectivity index (χ0) is 9.14. The monoisotopic (exact) mass is 166 g/mol. The Morgan fingerprint density at radius 3 is 2.42 bits per heavy atom. The molecule has 1 aliphatic rings. The Balaban J connectivity index is 2.88. The van der Waals surface area contributed by atoms with Crippen molar-refractivity contribution >= 4 is 5.97 Å². The summed E-state index contributed by atoms with van der Waals surface area (Å²) >= 11 is 0. The molecule has 0 radical (unpaired) electrons. The molecule has 0 spiro atoms. The predicted octanol–water partition coefficient (Wildman–Crippen LogP) is 2.37. The van der Waals surface area contributed by atoms with E-state index in [0.29, 0.717) is 11.5 Å². The summed E-state index contributed by atoms with van der Waals surface area (Å²) in [6.07, 6.45) is 5.81. The Morgan fingerprint density at radius 1 is 1.50 bits per heavy atom. The van der Waals surface area contributed by atoms with Gasteiger partial charge < -0.3 is 5.11 Å². The van der Waals surface area contributed by atoms with Crippen molar-refractivity contribution in [2.45, 2.75) is 26.7 Å². The minimum atomic E-state index is -0.756. The first-order valence-electron chi connectivity index (χ1n) is 4.23. The molecule has 2 heteroatoms. The topological polar surface area (TPSA) is 37.3 Å². The van der Waals surface area contributed by atoms with E-state index in [1.807, 2.05) is 26.0 Å². The second-order valence-corrected chi connectivity index (χ2v) is 3.18. The number of carboxylic acids is 1. The maximum absolute atomic E-state index is 10.8. The third-order valence-corrected chi connectivity index (χ3v) is 2.06. The van der Waals surface area contributed by atoms with Gasteiger partial charge in [-0.25, -0.2) is 4.79 Å². The van der Waals surface area contributed by atoms with E-state index in [-0.39, 0.29) is 0 Å². The van der Waals surface area contributed by atoms with Crippen LogP contribution in [0.3, 0.4) is 0 Å². The molecule has 1 fully saturated rings. The van der Waals surface area contributed by atoms with Gasteiger partial charge in [0, 0.05) is 5.57 Å². The van der Waals surface area contributed by atoms with E-state index in [0.717, 1.165) is 18.4 Å². The molecule has 1 rings (SSSR count). The highest BCUT2D eigenvalue weighted by molar-refractivity contribution is 5.89. The third kappa shape index (κ3) is 1.97. The van der Waals surface area contributed by atoms with Crippen molar-refractivity contribution in [2.75, 3.05) is 0 Å². The highest BCUT2D eigenvalue weighted by Gasteiger charge is 2.31. The molecule has 0 aliphatic heterocycles. The Bertz CT molecular complexity index is 245. The zero-order valence-electron chi connectivity index (χ0n) is 7.50. The molecule has 1 saturated carbocycles. The summed E-state index contributed by atoms with van der Waals surface area (Å²) in [6, 6.07) is 0. The molecule has 0 bridgehead atoms. The highest BCUT2D eigenvalue weighted by Crippen LogP contribution is 2.38. The van der Waals surface area contributed by atoms with Crippen molar-refractivity contribution < 1.29 is 9.90 Å². The first-order chi connectivity index (χ1) is 5.66. The standard InChI is InChI=1S/C10H14O2/c1-3-4-7(2)9(10(11)12)8-5-6-8/h3-4,8H,5-6H2,1-2H3,(H,11,12). The van der Waals surface area contributed by atoms with Gasteiger partial charge in [0.2, 0.25) is 0 Å². The van der Waals surface area contributed by atoms with Gasteiger partial charge in [0.25, 0.3) is 0 Å². The van der Waals surface area contributed by atoms with Crippen LogP contribution in [0.2, 0.25) is 0 Å². The number of allylic oxidation sites excluding steroid dienone is 3. The first kappa shape index (κ1) is 9.04. The van der Waals surface area contributed by atoms with Crippen molar-refractivity contribution in [1.82, 2.24) is 0 Å². The predicted molar refractivity (Wildman–Crippen MR) is 47.9 cm³/mol. The van der Waals surface area contributed by atoms with Crippen molar-refractivity contribution in [3.8, 4) is 0 Å². The number of carboxylic acid groups (broad SMARTS) is 1. The average Bonchev–Trinajstić information content (AvgIpc) is 2.71. The molecule has 66 valence electrons. The van der Waals surface area contributed by atoms with Gasteiger partial charge in [-0.15, -0.1) is 0 Å². The van der Waals surface area contributed by atoms with Crippen molar-refractivity contribution in [1.29, 1.82) is 0 Å². The second kappa shape index (κ2) is 3.57. The molecular weight excluding hydrogens is 152 g/mol. The van der Waals surface area contributed by atoms with E-state index in [2.05, 4.69) is 0 Å². The summed E-state index contributed by atoms with van der Waals surface area (Å²) in [5, 5.41) is 8.89. The van der Waals surface area contributed by atoms with Crippen molar-refractivity contribution in [2.24, 2.45) is 5.92 Å². The van der Waals surface area contributed by atoms with E-state index in [1.165, 1.54) is 0 Å². The minimum absolute atomic E-state index is 0.318. The Kier molecular flexibility index (Phi) is 2.69. The van der Waals surface area contributed by atoms with E-state index in [9.17, 15) is 4.79 Å². The van der Waals surface area contributed by atoms with Crippen LogP contribution in [0.25, 0.3) is 0 Å². The lowest BCUT2D eigenvalue weighted by Crippen LogP contribution is -2.04. The van der Waals surface area contributed by atoms with E-state index < -0.39 is 5.97 Å². The number of rotatable bonds is 3. The summed E-state index contributed by atoms with van der Waals surface area (Å²) in [7, 11) is 0. The van der Waals surface area contributed by atoms with Crippen LogP contribution < -0.4 is 0 Å². The zero-order valence-corrected chi connectivity index (χ0v) is 7.50. The molecule has 0 heterocycles. The first-order valence-corrected chi connectivity index (χ1v) is 4.23. The molecule has 0 aromatic rings. The molecule has 1 N–H and O–H groups in total. The molecule has 0 atom stereocenters. The quantitative estimate of drug-likeness (QED) is 0.516. The molecule has 0 aromatic heterocycles. The summed E-state index contributed by atoms with van der Waals surface area (Å²) in [6.45, 7) is 3.76. The maximum Gasteiger partial charge on any atom is 0.332 e. The van der Waals surface area contributed by atoms with E-state index in [4.69, 9.17) is 5.11 Å². The molecule has 2 nitrogen and oxygen atoms in total. The molecular formula is C10H14O2. The van der Waals surface area contributed by atoms with Crippen LogP contribution in [0.1, 0.15) is 26.7 Å². The van der Waals surface area contributed by atoms with Crippen molar-refractivity contribution in [3.63, 3.8) is 0 Å². The summed E-state index contributed by atoms with van der Waals surface area (Å²) in [4.78, 5) is 10.8. The van der Waals surface area contributed by atoms with Crippen LogP contribution in [-0.4, -0.2) is 11.1 Å². The summed E-state index contributed by atoms with van der Waals surface area (Å²) in [5.74, 6) is -0.438. The maximum atomic E-state index is 10.8. The Labute approximate surface area is 72.6 Å². The summed E-state index contributed by atoms with van der Waals surface area (Å²) < 4.78 is 0. The summed E-state index contributed by atoms with van der Waals surface area (Å²) in [5.41, 5.74) is 1.50. The van der Waals surface area contributed by atoms with Gasteiger partial charge in [-0.3, -0.25) is 0 Å². The fourth-order valence-electron chi connectivity index (χ4n) is 1.38. The molecule has 1 aliphatic carbocycles. The normalized spacial score (nSPS) is 19.5. The van der Waals surface area contributed by atoms with Crippen LogP contribution in [-0.2, 0) is 4.79 Å². The van der Waals surface area contributed by atoms with E-state index >= 15 is 0 Å². The average molecular weight is 166 g/mol. The number of aliphatic carboxylic acids is 1. The third-order valence-electron chi connectivity index (χ3n) is 2.06. The van der Waals surface area contributed by atoms with Gasteiger partial charge >= 0.3 is 5.97 Å².